The first-order chi connectivity index (χ1) is 6.11. The predicted molar refractivity (Wildman–Crippen MR) is 54.4 cm³/mol. The van der Waals surface area contributed by atoms with Gasteiger partial charge in [0.2, 0.25) is 0 Å². The Balaban J connectivity index is 4.17. The van der Waals surface area contributed by atoms with Crippen molar-refractivity contribution in [2.45, 2.75) is 26.7 Å². The third kappa shape index (κ3) is 5.23. The minimum atomic E-state index is -0.155. The molecule has 0 aromatic heterocycles. The maximum absolute atomic E-state index is 11.2. The third-order valence-electron chi connectivity index (χ3n) is 1.80. The highest BCUT2D eigenvalue weighted by molar-refractivity contribution is 5.72. The lowest BCUT2D eigenvalue weighted by Crippen LogP contribution is -2.14. The maximum atomic E-state index is 11.2. The zero-order valence-electron chi connectivity index (χ0n) is 8.67. The Bertz CT molecular complexity index is 200. The first-order valence-corrected chi connectivity index (χ1v) is 4.44. The van der Waals surface area contributed by atoms with Gasteiger partial charge in [-0.2, -0.15) is 0 Å². The van der Waals surface area contributed by atoms with Crippen LogP contribution in [0.4, 0.5) is 0 Å². The van der Waals surface area contributed by atoms with Gasteiger partial charge in [-0.3, -0.25) is 4.79 Å². The smallest absolute Gasteiger partial charge is 0.309 e. The van der Waals surface area contributed by atoms with Gasteiger partial charge in [-0.05, 0) is 26.7 Å². The Morgan fingerprint density at radius 3 is 2.46 bits per heavy atom. The van der Waals surface area contributed by atoms with Crippen LogP contribution in [0.15, 0.2) is 24.3 Å². The first-order valence-electron chi connectivity index (χ1n) is 4.44. The second-order valence-corrected chi connectivity index (χ2v) is 3.26. The molecule has 0 heterocycles. The van der Waals surface area contributed by atoms with Gasteiger partial charge in [0.05, 0.1) is 13.0 Å². The molecule has 1 unspecified atom stereocenters. The largest absolute Gasteiger partial charge is 0.469 e. The summed E-state index contributed by atoms with van der Waals surface area (Å²) in [7, 11) is 1.42. The van der Waals surface area contributed by atoms with Crippen LogP contribution < -0.4 is 0 Å². The molecule has 0 spiro atoms. The number of rotatable bonds is 5. The molecule has 0 aliphatic heterocycles. The minimum absolute atomic E-state index is 0.0719. The van der Waals surface area contributed by atoms with E-state index in [1.165, 1.54) is 12.7 Å². The van der Waals surface area contributed by atoms with Gasteiger partial charge < -0.3 is 4.74 Å². The van der Waals surface area contributed by atoms with Crippen molar-refractivity contribution >= 4 is 5.97 Å². The highest BCUT2D eigenvalue weighted by Gasteiger charge is 2.15. The third-order valence-corrected chi connectivity index (χ3v) is 1.80. The predicted octanol–water partition coefficient (Wildman–Crippen LogP) is 2.71. The SMILES string of the molecule is C=CCC(CC=C(C)C)C(=O)OC. The van der Waals surface area contributed by atoms with Gasteiger partial charge in [0, 0.05) is 0 Å². The molecule has 0 amide bonds. The molecular formula is C11H18O2. The lowest BCUT2D eigenvalue weighted by molar-refractivity contribution is -0.145. The van der Waals surface area contributed by atoms with Crippen molar-refractivity contribution in [3.8, 4) is 0 Å². The maximum Gasteiger partial charge on any atom is 0.309 e. The number of methoxy groups -OCH3 is 1. The van der Waals surface area contributed by atoms with Gasteiger partial charge in [-0.25, -0.2) is 0 Å². The molecule has 2 nitrogen and oxygen atoms in total. The van der Waals surface area contributed by atoms with Crippen molar-refractivity contribution in [2.24, 2.45) is 5.92 Å². The summed E-state index contributed by atoms with van der Waals surface area (Å²) < 4.78 is 4.68. The Kier molecular flexibility index (Phi) is 5.94. The summed E-state index contributed by atoms with van der Waals surface area (Å²) in [5, 5.41) is 0. The van der Waals surface area contributed by atoms with Crippen molar-refractivity contribution in [1.82, 2.24) is 0 Å². The van der Waals surface area contributed by atoms with E-state index < -0.39 is 0 Å². The van der Waals surface area contributed by atoms with Crippen LogP contribution in [-0.4, -0.2) is 13.1 Å². The van der Waals surface area contributed by atoms with E-state index >= 15 is 0 Å². The standard InChI is InChI=1S/C11H18O2/c1-5-6-10(11(12)13-4)8-7-9(2)3/h5,7,10H,1,6,8H2,2-4H3. The first kappa shape index (κ1) is 11.9. The van der Waals surface area contributed by atoms with Gasteiger partial charge in [-0.15, -0.1) is 6.58 Å². The molecule has 0 fully saturated rings. The molecule has 0 aromatic rings. The molecule has 1 atom stereocenters. The molecule has 0 saturated heterocycles. The van der Waals surface area contributed by atoms with Crippen LogP contribution >= 0.6 is 0 Å². The highest BCUT2D eigenvalue weighted by Crippen LogP contribution is 2.13. The summed E-state index contributed by atoms with van der Waals surface area (Å²) in [6.07, 6.45) is 5.21. The number of allylic oxidation sites excluding steroid dienone is 3. The fourth-order valence-corrected chi connectivity index (χ4v) is 1.03. The fourth-order valence-electron chi connectivity index (χ4n) is 1.03. The summed E-state index contributed by atoms with van der Waals surface area (Å²) in [4.78, 5) is 11.2. The van der Waals surface area contributed by atoms with Crippen LogP contribution in [0.2, 0.25) is 0 Å². The molecule has 74 valence electrons. The number of hydrogen-bond acceptors (Lipinski definition) is 2. The van der Waals surface area contributed by atoms with Crippen molar-refractivity contribution in [3.63, 3.8) is 0 Å². The molecular weight excluding hydrogens is 164 g/mol. The van der Waals surface area contributed by atoms with Crippen LogP contribution in [0.1, 0.15) is 26.7 Å². The lowest BCUT2D eigenvalue weighted by Gasteiger charge is -2.09. The van der Waals surface area contributed by atoms with Gasteiger partial charge in [0.25, 0.3) is 0 Å². The molecule has 0 radical (unpaired) electrons. The second-order valence-electron chi connectivity index (χ2n) is 3.26. The van der Waals surface area contributed by atoms with E-state index in [0.717, 1.165) is 6.42 Å². The van der Waals surface area contributed by atoms with Crippen molar-refractivity contribution in [3.05, 3.63) is 24.3 Å². The molecule has 0 saturated carbocycles. The van der Waals surface area contributed by atoms with E-state index in [-0.39, 0.29) is 11.9 Å². The van der Waals surface area contributed by atoms with Crippen LogP contribution in [0, 0.1) is 5.92 Å². The molecule has 0 aromatic carbocycles. The second kappa shape index (κ2) is 6.46. The number of carbonyl (C=O) groups excluding carboxylic acids is 1. The molecule has 0 aliphatic carbocycles. The van der Waals surface area contributed by atoms with E-state index in [2.05, 4.69) is 11.3 Å². The van der Waals surface area contributed by atoms with E-state index in [9.17, 15) is 4.79 Å². The zero-order chi connectivity index (χ0) is 10.3. The molecule has 0 N–H and O–H groups in total. The van der Waals surface area contributed by atoms with Gasteiger partial charge in [-0.1, -0.05) is 17.7 Å². The normalized spacial score (nSPS) is 11.6. The van der Waals surface area contributed by atoms with Gasteiger partial charge in [0.1, 0.15) is 0 Å². The lowest BCUT2D eigenvalue weighted by atomic mass is 10.0. The van der Waals surface area contributed by atoms with E-state index in [4.69, 9.17) is 0 Å². The Morgan fingerprint density at radius 1 is 1.46 bits per heavy atom. The van der Waals surface area contributed by atoms with Crippen molar-refractivity contribution in [2.75, 3.05) is 7.11 Å². The van der Waals surface area contributed by atoms with Crippen LogP contribution in [0.3, 0.4) is 0 Å². The van der Waals surface area contributed by atoms with E-state index in [1.54, 1.807) is 6.08 Å². The van der Waals surface area contributed by atoms with Crippen molar-refractivity contribution in [1.29, 1.82) is 0 Å². The Labute approximate surface area is 80.3 Å². The number of carbonyl (C=O) groups is 1. The minimum Gasteiger partial charge on any atom is -0.469 e. The molecule has 0 aliphatic rings. The Hall–Kier alpha value is -1.05. The highest BCUT2D eigenvalue weighted by atomic mass is 16.5. The molecule has 0 rings (SSSR count). The van der Waals surface area contributed by atoms with Crippen LogP contribution in [0.5, 0.6) is 0 Å². The fraction of sp³-hybridized carbons (Fsp3) is 0.545. The zero-order valence-corrected chi connectivity index (χ0v) is 8.67. The average Bonchev–Trinajstić information content (AvgIpc) is 2.10. The van der Waals surface area contributed by atoms with Crippen molar-refractivity contribution < 1.29 is 9.53 Å². The monoisotopic (exact) mass is 182 g/mol. The number of ether oxygens (including phenoxy) is 1. The van der Waals surface area contributed by atoms with E-state index in [1.807, 2.05) is 19.9 Å². The number of hydrogen-bond donors (Lipinski definition) is 0. The van der Waals surface area contributed by atoms with E-state index in [0.29, 0.717) is 6.42 Å². The van der Waals surface area contributed by atoms with Crippen LogP contribution in [-0.2, 0) is 9.53 Å². The summed E-state index contributed by atoms with van der Waals surface area (Å²) in [6, 6.07) is 0. The molecule has 13 heavy (non-hydrogen) atoms. The molecule has 0 bridgehead atoms. The molecule has 2 heteroatoms. The topological polar surface area (TPSA) is 26.3 Å². The van der Waals surface area contributed by atoms with Gasteiger partial charge >= 0.3 is 5.97 Å². The number of esters is 1. The average molecular weight is 182 g/mol. The quantitative estimate of drug-likeness (QED) is 0.482. The Morgan fingerprint density at radius 2 is 2.08 bits per heavy atom. The summed E-state index contributed by atoms with van der Waals surface area (Å²) in [6.45, 7) is 7.65. The summed E-state index contributed by atoms with van der Waals surface area (Å²) in [5.74, 6) is -0.227. The summed E-state index contributed by atoms with van der Waals surface area (Å²) in [5.41, 5.74) is 1.22. The summed E-state index contributed by atoms with van der Waals surface area (Å²) >= 11 is 0. The van der Waals surface area contributed by atoms with Crippen LogP contribution in [0.25, 0.3) is 0 Å². The van der Waals surface area contributed by atoms with Gasteiger partial charge in [0.15, 0.2) is 0 Å².